The molecule has 0 fully saturated rings. The summed E-state index contributed by atoms with van der Waals surface area (Å²) in [4.78, 5) is 0. The second kappa shape index (κ2) is 5.31. The van der Waals surface area contributed by atoms with E-state index in [0.717, 1.165) is 22.4 Å². The lowest BCUT2D eigenvalue weighted by Crippen LogP contribution is -2.17. The third kappa shape index (κ3) is 3.08. The van der Waals surface area contributed by atoms with E-state index in [4.69, 9.17) is 4.52 Å². The lowest BCUT2D eigenvalue weighted by molar-refractivity contribution is 0.414. The zero-order chi connectivity index (χ0) is 16.7. The molecule has 1 N–H and O–H groups in total. The van der Waals surface area contributed by atoms with Crippen molar-refractivity contribution in [1.82, 2.24) is 5.16 Å². The van der Waals surface area contributed by atoms with E-state index in [1.807, 2.05) is 18.2 Å². The molecule has 3 heteroatoms. The van der Waals surface area contributed by atoms with Crippen molar-refractivity contribution < 1.29 is 9.63 Å². The van der Waals surface area contributed by atoms with E-state index in [1.54, 1.807) is 6.08 Å². The van der Waals surface area contributed by atoms with E-state index in [9.17, 15) is 5.11 Å². The fourth-order valence-electron chi connectivity index (χ4n) is 2.45. The first-order valence-electron chi connectivity index (χ1n) is 7.51. The van der Waals surface area contributed by atoms with Gasteiger partial charge in [0.25, 0.3) is 0 Å². The molecular formula is C19H25NO2. The molecular weight excluding hydrogens is 274 g/mol. The van der Waals surface area contributed by atoms with E-state index in [-0.39, 0.29) is 10.8 Å². The number of benzene rings is 1. The van der Waals surface area contributed by atoms with Crippen LogP contribution in [0, 0.1) is 0 Å². The van der Waals surface area contributed by atoms with Gasteiger partial charge < -0.3 is 9.63 Å². The van der Waals surface area contributed by atoms with Crippen molar-refractivity contribution in [3.8, 4) is 17.0 Å². The Morgan fingerprint density at radius 3 is 1.86 bits per heavy atom. The maximum Gasteiger partial charge on any atom is 0.159 e. The van der Waals surface area contributed by atoms with E-state index in [2.05, 4.69) is 53.3 Å². The summed E-state index contributed by atoms with van der Waals surface area (Å²) in [6.45, 7) is 16.3. The Labute approximate surface area is 132 Å². The van der Waals surface area contributed by atoms with Crippen molar-refractivity contribution in [2.24, 2.45) is 0 Å². The molecule has 118 valence electrons. The number of nitrogens with zero attached hydrogens (tertiary/aromatic N) is 1. The summed E-state index contributed by atoms with van der Waals surface area (Å²) in [7, 11) is 0. The van der Waals surface area contributed by atoms with Gasteiger partial charge in [-0.05, 0) is 29.0 Å². The Bertz CT molecular complexity index is 662. The van der Waals surface area contributed by atoms with Crippen LogP contribution in [0.2, 0.25) is 0 Å². The molecule has 22 heavy (non-hydrogen) atoms. The Balaban J connectivity index is 2.72. The summed E-state index contributed by atoms with van der Waals surface area (Å²) in [5, 5.41) is 14.8. The summed E-state index contributed by atoms with van der Waals surface area (Å²) in [5.41, 5.74) is 3.21. The second-order valence-corrected chi connectivity index (χ2v) is 7.74. The van der Waals surface area contributed by atoms with Gasteiger partial charge in [-0.25, -0.2) is 0 Å². The van der Waals surface area contributed by atoms with Crippen LogP contribution in [0.5, 0.6) is 5.75 Å². The van der Waals surface area contributed by atoms with Crippen LogP contribution in [0.25, 0.3) is 17.3 Å². The van der Waals surface area contributed by atoms with Crippen LogP contribution < -0.4 is 0 Å². The molecule has 0 spiro atoms. The first kappa shape index (κ1) is 16.3. The number of hydrogen-bond acceptors (Lipinski definition) is 3. The summed E-state index contributed by atoms with van der Waals surface area (Å²) in [5.74, 6) is 1.01. The molecule has 0 aliphatic carbocycles. The summed E-state index contributed by atoms with van der Waals surface area (Å²) >= 11 is 0. The third-order valence-electron chi connectivity index (χ3n) is 3.75. The first-order chi connectivity index (χ1) is 10.0. The third-order valence-corrected chi connectivity index (χ3v) is 3.75. The number of aromatic hydroxyl groups is 1. The number of rotatable bonds is 2. The monoisotopic (exact) mass is 299 g/mol. The topological polar surface area (TPSA) is 46.3 Å². The molecule has 0 aliphatic heterocycles. The van der Waals surface area contributed by atoms with Gasteiger partial charge in [0, 0.05) is 22.8 Å². The van der Waals surface area contributed by atoms with Gasteiger partial charge in [-0.3, -0.25) is 0 Å². The Morgan fingerprint density at radius 2 is 1.50 bits per heavy atom. The van der Waals surface area contributed by atoms with E-state index in [1.165, 1.54) is 0 Å². The predicted octanol–water partition coefficient (Wildman–Crippen LogP) is 5.29. The molecule has 0 radical (unpaired) electrons. The van der Waals surface area contributed by atoms with Crippen LogP contribution in [0.15, 0.2) is 29.3 Å². The van der Waals surface area contributed by atoms with Crippen molar-refractivity contribution >= 4 is 6.08 Å². The van der Waals surface area contributed by atoms with Crippen LogP contribution in [-0.2, 0) is 10.8 Å². The van der Waals surface area contributed by atoms with E-state index >= 15 is 0 Å². The standard InChI is InChI=1S/C19H25NO2/c1-8-13-11-16(20-22-13)12-9-14(18(2,3)4)17(21)15(10-12)19(5,6)7/h8-11,21H,1H2,2-7H3. The van der Waals surface area contributed by atoms with Gasteiger partial charge in [0.05, 0.1) is 0 Å². The summed E-state index contributed by atoms with van der Waals surface area (Å²) < 4.78 is 5.22. The van der Waals surface area contributed by atoms with Crippen molar-refractivity contribution in [3.05, 3.63) is 41.7 Å². The molecule has 1 aromatic carbocycles. The molecule has 2 aromatic rings. The highest BCUT2D eigenvalue weighted by Crippen LogP contribution is 2.41. The molecule has 1 heterocycles. The normalized spacial score (nSPS) is 12.5. The average molecular weight is 299 g/mol. The molecule has 0 atom stereocenters. The number of hydrogen-bond donors (Lipinski definition) is 1. The summed E-state index contributed by atoms with van der Waals surface area (Å²) in [6, 6.07) is 5.85. The number of phenolic OH excluding ortho intramolecular Hbond substituents is 1. The molecule has 1 aromatic heterocycles. The van der Waals surface area contributed by atoms with Gasteiger partial charge in [0.15, 0.2) is 5.76 Å². The van der Waals surface area contributed by atoms with Gasteiger partial charge in [-0.1, -0.05) is 53.3 Å². The average Bonchev–Trinajstić information content (AvgIpc) is 2.85. The second-order valence-electron chi connectivity index (χ2n) is 7.74. The molecule has 0 unspecified atom stereocenters. The maximum atomic E-state index is 10.7. The van der Waals surface area contributed by atoms with Gasteiger partial charge in [0.2, 0.25) is 0 Å². The molecule has 0 saturated carbocycles. The van der Waals surface area contributed by atoms with Gasteiger partial charge in [-0.2, -0.15) is 0 Å². The first-order valence-corrected chi connectivity index (χ1v) is 7.51. The molecule has 2 rings (SSSR count). The SMILES string of the molecule is C=Cc1cc(-c2cc(C(C)(C)C)c(O)c(C(C)(C)C)c2)no1. The van der Waals surface area contributed by atoms with Crippen LogP contribution in [0.3, 0.4) is 0 Å². The lowest BCUT2D eigenvalue weighted by atomic mass is 9.78. The minimum absolute atomic E-state index is 0.162. The molecule has 0 bridgehead atoms. The molecule has 0 aliphatic rings. The van der Waals surface area contributed by atoms with Crippen molar-refractivity contribution in [2.45, 2.75) is 52.4 Å². The minimum Gasteiger partial charge on any atom is -0.507 e. The predicted molar refractivity (Wildman–Crippen MR) is 91.1 cm³/mol. The zero-order valence-corrected chi connectivity index (χ0v) is 14.3. The fourth-order valence-corrected chi connectivity index (χ4v) is 2.45. The Kier molecular flexibility index (Phi) is 3.94. The highest BCUT2D eigenvalue weighted by molar-refractivity contribution is 5.67. The van der Waals surface area contributed by atoms with Gasteiger partial charge in [0.1, 0.15) is 11.4 Å². The summed E-state index contributed by atoms with van der Waals surface area (Å²) in [6.07, 6.45) is 1.63. The highest BCUT2D eigenvalue weighted by Gasteiger charge is 2.27. The lowest BCUT2D eigenvalue weighted by Gasteiger charge is -2.28. The van der Waals surface area contributed by atoms with Crippen molar-refractivity contribution in [3.63, 3.8) is 0 Å². The zero-order valence-electron chi connectivity index (χ0n) is 14.3. The van der Waals surface area contributed by atoms with Crippen molar-refractivity contribution in [1.29, 1.82) is 0 Å². The highest BCUT2D eigenvalue weighted by atomic mass is 16.5. The fraction of sp³-hybridized carbons (Fsp3) is 0.421. The smallest absolute Gasteiger partial charge is 0.159 e. The molecule has 0 amide bonds. The Hall–Kier alpha value is -2.03. The number of phenols is 1. The van der Waals surface area contributed by atoms with Crippen LogP contribution >= 0.6 is 0 Å². The van der Waals surface area contributed by atoms with Gasteiger partial charge >= 0.3 is 0 Å². The van der Waals surface area contributed by atoms with E-state index in [0.29, 0.717) is 11.5 Å². The quantitative estimate of drug-likeness (QED) is 0.820. The van der Waals surface area contributed by atoms with E-state index < -0.39 is 0 Å². The molecule has 3 nitrogen and oxygen atoms in total. The number of aromatic nitrogens is 1. The van der Waals surface area contributed by atoms with Crippen molar-refractivity contribution in [2.75, 3.05) is 0 Å². The van der Waals surface area contributed by atoms with Crippen LogP contribution in [0.4, 0.5) is 0 Å². The minimum atomic E-state index is -0.162. The maximum absolute atomic E-state index is 10.7. The molecule has 0 saturated heterocycles. The van der Waals surface area contributed by atoms with Crippen LogP contribution in [-0.4, -0.2) is 10.3 Å². The van der Waals surface area contributed by atoms with Crippen LogP contribution in [0.1, 0.15) is 58.4 Å². The van der Waals surface area contributed by atoms with Gasteiger partial charge in [-0.15, -0.1) is 0 Å². The largest absolute Gasteiger partial charge is 0.507 e. The Morgan fingerprint density at radius 1 is 1.00 bits per heavy atom.